The summed E-state index contributed by atoms with van der Waals surface area (Å²) in [5.41, 5.74) is 0.571. The predicted molar refractivity (Wildman–Crippen MR) is 111 cm³/mol. The Labute approximate surface area is 176 Å². The zero-order valence-electron chi connectivity index (χ0n) is 16.7. The Morgan fingerprint density at radius 3 is 2.45 bits per heavy atom. The van der Waals surface area contributed by atoms with Crippen LogP contribution in [0.5, 0.6) is 0 Å². The van der Waals surface area contributed by atoms with Crippen LogP contribution >= 0.6 is 11.6 Å². The largest absolute Gasteiger partial charge is 0.342 e. The number of carbonyl (C=O) groups excluding carboxylic acids is 3. The average Bonchev–Trinajstić information content (AvgIpc) is 3.19. The molecule has 29 heavy (non-hydrogen) atoms. The average molecular weight is 418 g/mol. The molecule has 3 heterocycles. The van der Waals surface area contributed by atoms with Crippen molar-refractivity contribution in [3.05, 3.63) is 34.9 Å². The third-order valence-corrected chi connectivity index (χ3v) is 6.69. The third kappa shape index (κ3) is 4.42. The number of rotatable bonds is 3. The summed E-state index contributed by atoms with van der Waals surface area (Å²) in [7, 11) is 0. The van der Waals surface area contributed by atoms with Gasteiger partial charge in [0, 0.05) is 55.8 Å². The van der Waals surface area contributed by atoms with Gasteiger partial charge in [0.2, 0.25) is 11.8 Å². The van der Waals surface area contributed by atoms with E-state index in [0.717, 1.165) is 38.6 Å². The zero-order valence-corrected chi connectivity index (χ0v) is 17.4. The Kier molecular flexibility index (Phi) is 6.09. The molecule has 0 aromatic heterocycles. The molecule has 3 aliphatic rings. The van der Waals surface area contributed by atoms with Gasteiger partial charge in [0.25, 0.3) is 5.91 Å². The Hall–Kier alpha value is -2.08. The van der Waals surface area contributed by atoms with Gasteiger partial charge >= 0.3 is 0 Å². The summed E-state index contributed by atoms with van der Waals surface area (Å²) in [6.45, 7) is 3.40. The molecule has 3 saturated heterocycles. The number of halogens is 1. The van der Waals surface area contributed by atoms with Crippen LogP contribution in [0, 0.1) is 5.92 Å². The van der Waals surface area contributed by atoms with Crippen molar-refractivity contribution in [3.63, 3.8) is 0 Å². The third-order valence-electron chi connectivity index (χ3n) is 6.46. The van der Waals surface area contributed by atoms with Crippen molar-refractivity contribution >= 4 is 29.3 Å². The van der Waals surface area contributed by atoms with Gasteiger partial charge in [-0.2, -0.15) is 0 Å². The highest BCUT2D eigenvalue weighted by Gasteiger charge is 2.35. The Morgan fingerprint density at radius 2 is 1.76 bits per heavy atom. The number of hydrogen-bond donors (Lipinski definition) is 0. The van der Waals surface area contributed by atoms with Crippen LogP contribution < -0.4 is 0 Å². The second-order valence-corrected chi connectivity index (χ2v) is 8.78. The number of carbonyl (C=O) groups is 3. The molecule has 1 aromatic rings. The van der Waals surface area contributed by atoms with Gasteiger partial charge < -0.3 is 14.7 Å². The topological polar surface area (TPSA) is 60.9 Å². The molecular weight excluding hydrogens is 390 g/mol. The summed E-state index contributed by atoms with van der Waals surface area (Å²) >= 11 is 6.02. The highest BCUT2D eigenvalue weighted by molar-refractivity contribution is 6.30. The molecule has 0 saturated carbocycles. The van der Waals surface area contributed by atoms with Crippen LogP contribution in [0.4, 0.5) is 0 Å². The zero-order chi connectivity index (χ0) is 20.4. The van der Waals surface area contributed by atoms with Crippen LogP contribution in [0.2, 0.25) is 5.02 Å². The Morgan fingerprint density at radius 1 is 0.966 bits per heavy atom. The molecule has 0 spiro atoms. The fourth-order valence-electron chi connectivity index (χ4n) is 4.88. The lowest BCUT2D eigenvalue weighted by molar-refractivity contribution is -0.139. The van der Waals surface area contributed by atoms with Crippen LogP contribution in [-0.2, 0) is 9.59 Å². The van der Waals surface area contributed by atoms with Crippen molar-refractivity contribution in [2.75, 3.05) is 32.7 Å². The Bertz CT molecular complexity index is 791. The first-order valence-corrected chi connectivity index (χ1v) is 11.0. The number of hydrogen-bond acceptors (Lipinski definition) is 3. The van der Waals surface area contributed by atoms with Crippen molar-refractivity contribution < 1.29 is 14.4 Å². The maximum Gasteiger partial charge on any atom is 0.253 e. The van der Waals surface area contributed by atoms with E-state index in [0.29, 0.717) is 43.2 Å². The number of benzene rings is 1. The van der Waals surface area contributed by atoms with Crippen LogP contribution in [0.3, 0.4) is 0 Å². The van der Waals surface area contributed by atoms with E-state index in [1.54, 1.807) is 29.2 Å². The van der Waals surface area contributed by atoms with Crippen molar-refractivity contribution in [2.24, 2.45) is 5.92 Å². The molecule has 1 atom stereocenters. The molecule has 3 aliphatic heterocycles. The molecule has 1 unspecified atom stereocenters. The second kappa shape index (κ2) is 8.74. The molecule has 0 radical (unpaired) electrons. The predicted octanol–water partition coefficient (Wildman–Crippen LogP) is 2.81. The molecule has 0 bridgehead atoms. The van der Waals surface area contributed by atoms with Crippen molar-refractivity contribution in [1.82, 2.24) is 14.7 Å². The molecular formula is C22H28ClN3O3. The van der Waals surface area contributed by atoms with E-state index in [-0.39, 0.29) is 29.7 Å². The maximum absolute atomic E-state index is 13.1. The summed E-state index contributed by atoms with van der Waals surface area (Å²) in [5, 5.41) is 0.542. The second-order valence-electron chi connectivity index (χ2n) is 8.35. The summed E-state index contributed by atoms with van der Waals surface area (Å²) < 4.78 is 0. The number of nitrogens with zero attached hydrogens (tertiary/aromatic N) is 3. The van der Waals surface area contributed by atoms with E-state index >= 15 is 0 Å². The molecule has 3 fully saturated rings. The van der Waals surface area contributed by atoms with Crippen molar-refractivity contribution in [2.45, 2.75) is 44.6 Å². The van der Waals surface area contributed by atoms with E-state index < -0.39 is 0 Å². The van der Waals surface area contributed by atoms with Gasteiger partial charge in [-0.3, -0.25) is 14.4 Å². The lowest BCUT2D eigenvalue weighted by atomic mass is 9.94. The van der Waals surface area contributed by atoms with E-state index in [1.807, 2.05) is 9.80 Å². The first-order chi connectivity index (χ1) is 14.0. The summed E-state index contributed by atoms with van der Waals surface area (Å²) in [6.07, 6.45) is 4.99. The summed E-state index contributed by atoms with van der Waals surface area (Å²) in [6, 6.07) is 7.25. The molecule has 7 heteroatoms. The van der Waals surface area contributed by atoms with Crippen LogP contribution in [0.15, 0.2) is 24.3 Å². The quantitative estimate of drug-likeness (QED) is 0.759. The lowest BCUT2D eigenvalue weighted by Gasteiger charge is -2.40. The van der Waals surface area contributed by atoms with Gasteiger partial charge in [-0.1, -0.05) is 17.7 Å². The van der Waals surface area contributed by atoms with Crippen LogP contribution in [0.25, 0.3) is 0 Å². The minimum Gasteiger partial charge on any atom is -0.342 e. The first-order valence-electron chi connectivity index (χ1n) is 10.7. The fraction of sp³-hybridized carbons (Fsp3) is 0.591. The molecule has 4 rings (SSSR count). The van der Waals surface area contributed by atoms with Crippen molar-refractivity contribution in [1.29, 1.82) is 0 Å². The monoisotopic (exact) mass is 417 g/mol. The highest BCUT2D eigenvalue weighted by atomic mass is 35.5. The number of amides is 3. The minimum absolute atomic E-state index is 0.0590. The standard InChI is InChI=1S/C22H28ClN3O3/c23-18-6-1-4-16(14-18)21(28)25-10-2-5-17(15-25)22(29)24-12-8-19(9-13-24)26-11-3-7-20(26)27/h1,4,6,14,17,19H,2-3,5,7-13,15H2. The molecule has 6 nitrogen and oxygen atoms in total. The van der Waals surface area contributed by atoms with Gasteiger partial charge in [-0.05, 0) is 50.3 Å². The van der Waals surface area contributed by atoms with E-state index in [4.69, 9.17) is 11.6 Å². The van der Waals surface area contributed by atoms with Crippen molar-refractivity contribution in [3.8, 4) is 0 Å². The van der Waals surface area contributed by atoms with E-state index in [1.165, 1.54) is 0 Å². The van der Waals surface area contributed by atoms with E-state index in [9.17, 15) is 14.4 Å². The molecule has 0 aliphatic carbocycles. The first kappa shape index (κ1) is 20.2. The van der Waals surface area contributed by atoms with E-state index in [2.05, 4.69) is 0 Å². The molecule has 156 valence electrons. The van der Waals surface area contributed by atoms with Gasteiger partial charge in [0.15, 0.2) is 0 Å². The number of likely N-dealkylation sites (tertiary alicyclic amines) is 3. The SMILES string of the molecule is O=C(c1cccc(Cl)c1)N1CCCC(C(=O)N2CCC(N3CCCC3=O)CC2)C1. The Balaban J connectivity index is 1.33. The lowest BCUT2D eigenvalue weighted by Crippen LogP contribution is -2.51. The normalized spacial score (nSPS) is 23.6. The molecule has 3 amide bonds. The highest BCUT2D eigenvalue weighted by Crippen LogP contribution is 2.26. The van der Waals surface area contributed by atoms with Gasteiger partial charge in [0.1, 0.15) is 0 Å². The van der Waals surface area contributed by atoms with Gasteiger partial charge in [-0.15, -0.1) is 0 Å². The summed E-state index contributed by atoms with van der Waals surface area (Å²) in [4.78, 5) is 43.6. The van der Waals surface area contributed by atoms with Crippen LogP contribution in [-0.4, -0.2) is 71.2 Å². The fourth-order valence-corrected chi connectivity index (χ4v) is 5.07. The van der Waals surface area contributed by atoms with Crippen LogP contribution in [0.1, 0.15) is 48.9 Å². The van der Waals surface area contributed by atoms with Gasteiger partial charge in [-0.25, -0.2) is 0 Å². The minimum atomic E-state index is -0.142. The van der Waals surface area contributed by atoms with Gasteiger partial charge in [0.05, 0.1) is 5.92 Å². The maximum atomic E-state index is 13.1. The molecule has 0 N–H and O–H groups in total. The summed E-state index contributed by atoms with van der Waals surface area (Å²) in [5.74, 6) is 0.213. The smallest absolute Gasteiger partial charge is 0.253 e. The number of piperidine rings is 2. The molecule has 1 aromatic carbocycles.